The minimum atomic E-state index is -0.309. The lowest BCUT2D eigenvalue weighted by atomic mass is 9.99. The monoisotopic (exact) mass is 322 g/mol. The van der Waals surface area contributed by atoms with E-state index in [1.165, 1.54) is 7.11 Å². The number of methoxy groups -OCH3 is 3. The Bertz CT molecular complexity index is 552. The molecule has 0 saturated heterocycles. The van der Waals surface area contributed by atoms with Gasteiger partial charge in [-0.15, -0.1) is 0 Å². The molecule has 0 aliphatic heterocycles. The fraction of sp³-hybridized carbons (Fsp3) is 0.471. The van der Waals surface area contributed by atoms with Gasteiger partial charge in [0.25, 0.3) is 0 Å². The first-order valence-corrected chi connectivity index (χ1v) is 7.40. The van der Waals surface area contributed by atoms with E-state index in [9.17, 15) is 4.79 Å². The quantitative estimate of drug-likeness (QED) is 0.542. The molecular weight excluding hydrogens is 300 g/mol. The zero-order valence-corrected chi connectivity index (χ0v) is 13.7. The van der Waals surface area contributed by atoms with Gasteiger partial charge in [0.2, 0.25) is 0 Å². The van der Waals surface area contributed by atoms with Gasteiger partial charge in [0.05, 0.1) is 12.7 Å². The average Bonchev–Trinajstić information content (AvgIpc) is 3.06. The molecule has 0 aromatic heterocycles. The molecule has 23 heavy (non-hydrogen) atoms. The molecule has 0 spiro atoms. The maximum absolute atomic E-state index is 12.0. The SMILES string of the molecule is COCOc1cccc(OCOC)c1C1=C(C(=O)OC)CCC1. The minimum absolute atomic E-state index is 0.113. The molecule has 0 bridgehead atoms. The van der Waals surface area contributed by atoms with Crippen molar-refractivity contribution in [2.24, 2.45) is 0 Å². The van der Waals surface area contributed by atoms with Gasteiger partial charge in [0.15, 0.2) is 13.6 Å². The predicted molar refractivity (Wildman–Crippen MR) is 84.2 cm³/mol. The number of hydrogen-bond acceptors (Lipinski definition) is 6. The lowest BCUT2D eigenvalue weighted by molar-refractivity contribution is -0.136. The van der Waals surface area contributed by atoms with Gasteiger partial charge in [-0.05, 0) is 37.0 Å². The average molecular weight is 322 g/mol. The van der Waals surface area contributed by atoms with Gasteiger partial charge < -0.3 is 23.7 Å². The zero-order chi connectivity index (χ0) is 16.7. The van der Waals surface area contributed by atoms with Crippen LogP contribution < -0.4 is 9.47 Å². The molecule has 126 valence electrons. The van der Waals surface area contributed by atoms with Crippen LogP contribution in [0, 0.1) is 0 Å². The van der Waals surface area contributed by atoms with E-state index in [0.717, 1.165) is 24.0 Å². The molecule has 0 amide bonds. The summed E-state index contributed by atoms with van der Waals surface area (Å²) in [6.07, 6.45) is 2.34. The summed E-state index contributed by atoms with van der Waals surface area (Å²) in [5.41, 5.74) is 2.33. The smallest absolute Gasteiger partial charge is 0.334 e. The summed E-state index contributed by atoms with van der Waals surface area (Å²) in [7, 11) is 4.50. The second-order valence-electron chi connectivity index (χ2n) is 5.03. The van der Waals surface area contributed by atoms with Crippen molar-refractivity contribution in [3.8, 4) is 11.5 Å². The number of ether oxygens (including phenoxy) is 5. The number of allylic oxidation sites excluding steroid dienone is 1. The number of carbonyl (C=O) groups is 1. The summed E-state index contributed by atoms with van der Waals surface area (Å²) >= 11 is 0. The van der Waals surface area contributed by atoms with Gasteiger partial charge in [-0.3, -0.25) is 0 Å². The third kappa shape index (κ3) is 4.03. The van der Waals surface area contributed by atoms with Crippen LogP contribution in [0.3, 0.4) is 0 Å². The summed E-state index contributed by atoms with van der Waals surface area (Å²) in [5, 5.41) is 0. The third-order valence-electron chi connectivity index (χ3n) is 3.60. The van der Waals surface area contributed by atoms with E-state index >= 15 is 0 Å². The van der Waals surface area contributed by atoms with E-state index in [-0.39, 0.29) is 19.6 Å². The van der Waals surface area contributed by atoms with Crippen LogP contribution in [0.2, 0.25) is 0 Å². The fourth-order valence-electron chi connectivity index (χ4n) is 2.66. The van der Waals surface area contributed by atoms with Crippen molar-refractivity contribution in [2.75, 3.05) is 34.9 Å². The molecule has 2 rings (SSSR count). The van der Waals surface area contributed by atoms with Crippen LogP contribution in [0.1, 0.15) is 24.8 Å². The van der Waals surface area contributed by atoms with Crippen molar-refractivity contribution in [2.45, 2.75) is 19.3 Å². The Morgan fingerprint density at radius 1 is 1.00 bits per heavy atom. The number of rotatable bonds is 8. The van der Waals surface area contributed by atoms with E-state index in [4.69, 9.17) is 23.7 Å². The standard InChI is InChI=1S/C17H22O6/c1-19-10-22-14-8-5-9-15(23-11-20-2)16(14)12-6-4-7-13(12)17(18)21-3/h5,8-9H,4,6-7,10-11H2,1-3H3. The fourth-order valence-corrected chi connectivity index (χ4v) is 2.66. The van der Waals surface area contributed by atoms with Gasteiger partial charge >= 0.3 is 5.97 Å². The Morgan fingerprint density at radius 2 is 1.61 bits per heavy atom. The molecule has 0 atom stereocenters. The minimum Gasteiger partial charge on any atom is -0.467 e. The van der Waals surface area contributed by atoms with Crippen LogP contribution in [-0.2, 0) is 19.0 Å². The van der Waals surface area contributed by atoms with Gasteiger partial charge in [0.1, 0.15) is 11.5 Å². The van der Waals surface area contributed by atoms with Crippen LogP contribution in [0.15, 0.2) is 23.8 Å². The normalized spacial score (nSPS) is 14.0. The Labute approximate surface area is 135 Å². The first-order valence-electron chi connectivity index (χ1n) is 7.40. The highest BCUT2D eigenvalue weighted by molar-refractivity contribution is 6.00. The first kappa shape index (κ1) is 17.3. The van der Waals surface area contributed by atoms with Gasteiger partial charge in [-0.2, -0.15) is 0 Å². The lowest BCUT2D eigenvalue weighted by Crippen LogP contribution is -2.08. The number of esters is 1. The van der Waals surface area contributed by atoms with Crippen LogP contribution in [0.5, 0.6) is 11.5 Å². The van der Waals surface area contributed by atoms with Crippen molar-refractivity contribution in [3.63, 3.8) is 0 Å². The molecule has 1 aliphatic rings. The molecule has 1 aliphatic carbocycles. The van der Waals surface area contributed by atoms with E-state index < -0.39 is 0 Å². The highest BCUT2D eigenvalue weighted by Gasteiger charge is 2.27. The maximum atomic E-state index is 12.0. The van der Waals surface area contributed by atoms with Gasteiger partial charge in [-0.25, -0.2) is 4.79 Å². The Morgan fingerprint density at radius 3 is 2.13 bits per heavy atom. The molecular formula is C17H22O6. The van der Waals surface area contributed by atoms with Crippen molar-refractivity contribution in [3.05, 3.63) is 29.3 Å². The van der Waals surface area contributed by atoms with E-state index in [0.29, 0.717) is 23.5 Å². The largest absolute Gasteiger partial charge is 0.467 e. The topological polar surface area (TPSA) is 63.2 Å². The highest BCUT2D eigenvalue weighted by Crippen LogP contribution is 2.43. The summed E-state index contributed by atoms with van der Waals surface area (Å²) in [5.74, 6) is 0.911. The summed E-state index contributed by atoms with van der Waals surface area (Å²) in [4.78, 5) is 12.0. The summed E-state index contributed by atoms with van der Waals surface area (Å²) in [6.45, 7) is 0.225. The molecule has 0 heterocycles. The van der Waals surface area contributed by atoms with Crippen molar-refractivity contribution in [1.82, 2.24) is 0 Å². The molecule has 1 aromatic carbocycles. The molecule has 6 heteroatoms. The second-order valence-corrected chi connectivity index (χ2v) is 5.03. The number of carbonyl (C=O) groups excluding carboxylic acids is 1. The lowest BCUT2D eigenvalue weighted by Gasteiger charge is -2.17. The number of benzene rings is 1. The van der Waals surface area contributed by atoms with Crippen LogP contribution >= 0.6 is 0 Å². The summed E-state index contributed by atoms with van der Waals surface area (Å²) < 4.78 is 26.2. The van der Waals surface area contributed by atoms with Crippen molar-refractivity contribution >= 4 is 11.5 Å². The number of hydrogen-bond donors (Lipinski definition) is 0. The molecule has 0 N–H and O–H groups in total. The van der Waals surface area contributed by atoms with Crippen LogP contribution in [0.4, 0.5) is 0 Å². The maximum Gasteiger partial charge on any atom is 0.334 e. The second kappa shape index (κ2) is 8.55. The summed E-state index contributed by atoms with van der Waals surface area (Å²) in [6, 6.07) is 5.48. The van der Waals surface area contributed by atoms with Crippen molar-refractivity contribution in [1.29, 1.82) is 0 Å². The van der Waals surface area contributed by atoms with E-state index in [1.54, 1.807) is 14.2 Å². The molecule has 0 fully saturated rings. The predicted octanol–water partition coefficient (Wildman–Crippen LogP) is 2.76. The Hall–Kier alpha value is -2.05. The van der Waals surface area contributed by atoms with Crippen LogP contribution in [-0.4, -0.2) is 40.9 Å². The molecule has 0 unspecified atom stereocenters. The molecule has 0 saturated carbocycles. The first-order chi connectivity index (χ1) is 11.2. The highest BCUT2D eigenvalue weighted by atomic mass is 16.7. The van der Waals surface area contributed by atoms with Gasteiger partial charge in [0, 0.05) is 19.8 Å². The zero-order valence-electron chi connectivity index (χ0n) is 13.7. The Balaban J connectivity index is 2.49. The molecule has 6 nitrogen and oxygen atoms in total. The van der Waals surface area contributed by atoms with Crippen molar-refractivity contribution < 1.29 is 28.5 Å². The van der Waals surface area contributed by atoms with E-state index in [1.807, 2.05) is 18.2 Å². The molecule has 0 radical (unpaired) electrons. The third-order valence-corrected chi connectivity index (χ3v) is 3.60. The molecule has 1 aromatic rings. The van der Waals surface area contributed by atoms with Gasteiger partial charge in [-0.1, -0.05) is 6.07 Å². The Kier molecular flexibility index (Phi) is 6.43. The van der Waals surface area contributed by atoms with E-state index in [2.05, 4.69) is 0 Å². The van der Waals surface area contributed by atoms with Crippen LogP contribution in [0.25, 0.3) is 5.57 Å².